The number of primary amides is 1. The van der Waals surface area contributed by atoms with E-state index in [-0.39, 0.29) is 29.7 Å². The maximum Gasteiger partial charge on any atom is 0.255 e. The van der Waals surface area contributed by atoms with E-state index in [0.717, 1.165) is 0 Å². The number of rotatable bonds is 2. The number of nitrogens with zero attached hydrogens (tertiary/aromatic N) is 1. The van der Waals surface area contributed by atoms with Crippen molar-refractivity contribution in [1.82, 2.24) is 4.90 Å². The van der Waals surface area contributed by atoms with Gasteiger partial charge >= 0.3 is 0 Å². The van der Waals surface area contributed by atoms with Gasteiger partial charge in [-0.25, -0.2) is 0 Å². The number of aromatic hydroxyl groups is 1. The van der Waals surface area contributed by atoms with Gasteiger partial charge in [-0.15, -0.1) is 0 Å². The van der Waals surface area contributed by atoms with Gasteiger partial charge in [-0.2, -0.15) is 0 Å². The number of benzene rings is 1. The van der Waals surface area contributed by atoms with Crippen molar-refractivity contribution in [3.05, 3.63) is 40.2 Å². The van der Waals surface area contributed by atoms with Crippen LogP contribution in [0.4, 0.5) is 5.69 Å². The molecule has 1 fully saturated rings. The molecule has 1 aromatic rings. The normalized spacial score (nSPS) is 30.3. The fourth-order valence-corrected chi connectivity index (χ4v) is 5.23. The molecule has 3 aliphatic carbocycles. The number of phenols is 1. The Morgan fingerprint density at radius 3 is 2.42 bits per heavy atom. The van der Waals surface area contributed by atoms with Gasteiger partial charge in [0.15, 0.2) is 11.4 Å². The third-order valence-corrected chi connectivity index (χ3v) is 6.62. The zero-order valence-electron chi connectivity index (χ0n) is 16.9. The van der Waals surface area contributed by atoms with Gasteiger partial charge in [0.05, 0.1) is 17.3 Å². The molecule has 10 nitrogen and oxygen atoms in total. The van der Waals surface area contributed by atoms with Gasteiger partial charge in [-0.05, 0) is 44.5 Å². The van der Waals surface area contributed by atoms with Crippen LogP contribution >= 0.6 is 0 Å². The first-order valence-corrected chi connectivity index (χ1v) is 9.68. The Kier molecular flexibility index (Phi) is 4.42. The van der Waals surface area contributed by atoms with E-state index in [4.69, 9.17) is 11.5 Å². The lowest BCUT2D eigenvalue weighted by molar-refractivity contribution is -0.153. The number of nitrogens with two attached hydrogens (primary N) is 2. The highest BCUT2D eigenvalue weighted by Gasteiger charge is 2.64. The summed E-state index contributed by atoms with van der Waals surface area (Å²) in [5, 5.41) is 43.4. The van der Waals surface area contributed by atoms with E-state index in [1.165, 1.54) is 11.0 Å². The maximum atomic E-state index is 13.5. The quantitative estimate of drug-likeness (QED) is 0.205. The van der Waals surface area contributed by atoms with Crippen LogP contribution in [-0.2, 0) is 20.8 Å². The molecule has 0 spiro atoms. The number of Topliss-reactive ketones (excluding diaryl/α,β-unsaturated/α-hetero) is 2. The molecule has 31 heavy (non-hydrogen) atoms. The number of carbonyl (C=O) groups is 3. The summed E-state index contributed by atoms with van der Waals surface area (Å²) < 4.78 is 0. The second-order valence-electron chi connectivity index (χ2n) is 8.50. The third-order valence-electron chi connectivity index (χ3n) is 6.62. The average Bonchev–Trinajstić information content (AvgIpc) is 2.67. The van der Waals surface area contributed by atoms with E-state index in [1.54, 1.807) is 20.2 Å². The number of ketones is 2. The van der Waals surface area contributed by atoms with Crippen LogP contribution in [0.15, 0.2) is 29.0 Å². The summed E-state index contributed by atoms with van der Waals surface area (Å²) >= 11 is 0. The minimum Gasteiger partial charge on any atom is -0.508 e. The van der Waals surface area contributed by atoms with Crippen molar-refractivity contribution in [1.29, 1.82) is 0 Å². The van der Waals surface area contributed by atoms with Crippen molar-refractivity contribution in [2.75, 3.05) is 19.8 Å². The molecular weight excluding hydrogens is 406 g/mol. The molecule has 0 bridgehead atoms. The van der Waals surface area contributed by atoms with Crippen molar-refractivity contribution in [3.63, 3.8) is 0 Å². The maximum absolute atomic E-state index is 13.5. The van der Waals surface area contributed by atoms with Gasteiger partial charge in [-0.1, -0.05) is 6.07 Å². The first-order chi connectivity index (χ1) is 14.4. The smallest absolute Gasteiger partial charge is 0.255 e. The zero-order chi connectivity index (χ0) is 23.0. The highest BCUT2D eigenvalue weighted by atomic mass is 16.3. The van der Waals surface area contributed by atoms with Crippen molar-refractivity contribution in [2.45, 2.75) is 24.5 Å². The molecule has 0 unspecified atom stereocenters. The molecule has 0 saturated heterocycles. The monoisotopic (exact) mass is 429 g/mol. The van der Waals surface area contributed by atoms with Crippen molar-refractivity contribution >= 4 is 28.9 Å². The minimum atomic E-state index is -2.64. The highest BCUT2D eigenvalue weighted by Crippen LogP contribution is 2.52. The molecule has 8 N–H and O–H groups in total. The van der Waals surface area contributed by atoms with Crippen LogP contribution in [0.5, 0.6) is 5.75 Å². The molecule has 10 heteroatoms. The Morgan fingerprint density at radius 1 is 1.19 bits per heavy atom. The summed E-state index contributed by atoms with van der Waals surface area (Å²) in [4.78, 5) is 39.8. The first-order valence-electron chi connectivity index (χ1n) is 9.68. The zero-order valence-corrected chi connectivity index (χ0v) is 16.9. The van der Waals surface area contributed by atoms with Crippen LogP contribution in [0, 0.1) is 11.8 Å². The van der Waals surface area contributed by atoms with Crippen LogP contribution in [0.25, 0.3) is 5.76 Å². The molecule has 1 aromatic carbocycles. The summed E-state index contributed by atoms with van der Waals surface area (Å²) in [6, 6.07) is 2.01. The summed E-state index contributed by atoms with van der Waals surface area (Å²) in [6.07, 6.45) is 0.291. The van der Waals surface area contributed by atoms with Gasteiger partial charge in [0.1, 0.15) is 22.8 Å². The summed E-state index contributed by atoms with van der Waals surface area (Å²) in [5.41, 5.74) is 7.85. The van der Waals surface area contributed by atoms with E-state index < -0.39 is 63.8 Å². The van der Waals surface area contributed by atoms with Crippen molar-refractivity contribution in [2.24, 2.45) is 17.6 Å². The van der Waals surface area contributed by atoms with Gasteiger partial charge in [0, 0.05) is 11.5 Å². The molecule has 0 aliphatic heterocycles. The number of aliphatic hydroxyl groups is 3. The van der Waals surface area contributed by atoms with Crippen LogP contribution in [0.3, 0.4) is 0 Å². The molecule has 3 aliphatic rings. The van der Waals surface area contributed by atoms with Crippen molar-refractivity contribution < 1.29 is 34.8 Å². The molecule has 0 heterocycles. The van der Waals surface area contributed by atoms with Crippen LogP contribution in [-0.4, -0.2) is 68.5 Å². The standard InChI is InChI=1S/C21H23N3O7/c1-24(2)14-9-6-8-5-7-3-4-10(22)15(25)11(7)16(26)12(8)18(28)21(9,31)19(29)13(17(14)27)20(23)30/h3-4,8-9,14,25-26,29,31H,5-6,22H2,1-2H3,(H2,23,30)/t8-,9-,14-,21-/m1/s1. The first kappa shape index (κ1) is 20.9. The SMILES string of the molecule is CN(C)[C@H]1C(=O)C(C(N)=O)=C(O)[C@]2(O)C(=O)C3=C(O)c4c(ccc(N)c4O)C[C@@H]3C[C@H]12. The molecule has 4 atom stereocenters. The molecule has 1 saturated carbocycles. The molecule has 4 rings (SSSR count). The van der Waals surface area contributed by atoms with E-state index in [1.807, 2.05) is 0 Å². The lowest BCUT2D eigenvalue weighted by Crippen LogP contribution is -2.65. The largest absolute Gasteiger partial charge is 0.508 e. The third kappa shape index (κ3) is 2.55. The number of amides is 1. The Hall–Kier alpha value is -3.37. The Labute approximate surface area is 177 Å². The Morgan fingerprint density at radius 2 is 1.84 bits per heavy atom. The number of phenolic OH excluding ortho intramolecular Hbond substituents is 1. The predicted molar refractivity (Wildman–Crippen MR) is 109 cm³/mol. The predicted octanol–water partition coefficient (Wildman–Crippen LogP) is -0.454. The molecular formula is C21H23N3O7. The number of hydrogen-bond donors (Lipinski definition) is 6. The van der Waals surface area contributed by atoms with Gasteiger partial charge in [-0.3, -0.25) is 19.3 Å². The number of aliphatic hydroxyl groups excluding tert-OH is 2. The second kappa shape index (κ2) is 6.56. The van der Waals surface area contributed by atoms with Gasteiger partial charge < -0.3 is 31.9 Å². The van der Waals surface area contributed by atoms with E-state index in [9.17, 15) is 34.8 Å². The summed E-state index contributed by atoms with van der Waals surface area (Å²) in [5.74, 6) is -6.84. The molecule has 0 aromatic heterocycles. The van der Waals surface area contributed by atoms with Crippen LogP contribution < -0.4 is 11.5 Å². The lowest BCUT2D eigenvalue weighted by Gasteiger charge is -2.50. The fraction of sp³-hybridized carbons (Fsp3) is 0.381. The molecule has 1 amide bonds. The van der Waals surface area contributed by atoms with E-state index >= 15 is 0 Å². The Bertz CT molecular complexity index is 1120. The van der Waals surface area contributed by atoms with Crippen LogP contribution in [0.1, 0.15) is 17.5 Å². The number of likely N-dealkylation sites (N-methyl/N-ethyl adjacent to an activating group) is 1. The van der Waals surface area contributed by atoms with E-state index in [2.05, 4.69) is 0 Å². The number of fused-ring (bicyclic) bond motifs is 3. The average molecular weight is 429 g/mol. The topological polar surface area (TPSA) is 187 Å². The summed E-state index contributed by atoms with van der Waals surface area (Å²) in [7, 11) is 3.10. The van der Waals surface area contributed by atoms with E-state index in [0.29, 0.717) is 5.56 Å². The van der Waals surface area contributed by atoms with Gasteiger partial charge in [0.25, 0.3) is 5.91 Å². The molecule has 164 valence electrons. The Balaban J connectivity index is 1.98. The number of anilines is 1. The van der Waals surface area contributed by atoms with Crippen molar-refractivity contribution in [3.8, 4) is 5.75 Å². The fourth-order valence-electron chi connectivity index (χ4n) is 5.23. The number of nitrogen functional groups attached to an aromatic ring is 1. The number of carbonyl (C=O) groups excluding carboxylic acids is 3. The molecule has 0 radical (unpaired) electrons. The van der Waals surface area contributed by atoms with Gasteiger partial charge in [0.2, 0.25) is 5.78 Å². The second-order valence-corrected chi connectivity index (χ2v) is 8.50. The van der Waals surface area contributed by atoms with Crippen LogP contribution in [0.2, 0.25) is 0 Å². The number of hydrogen-bond acceptors (Lipinski definition) is 9. The highest BCUT2D eigenvalue weighted by molar-refractivity contribution is 6.24. The summed E-state index contributed by atoms with van der Waals surface area (Å²) in [6.45, 7) is 0. The lowest BCUT2D eigenvalue weighted by atomic mass is 9.57. The minimum absolute atomic E-state index is 0.00103.